The fourth-order valence-corrected chi connectivity index (χ4v) is 5.13. The van der Waals surface area contributed by atoms with Crippen molar-refractivity contribution in [2.75, 3.05) is 39.4 Å². The molecule has 0 unspecified atom stereocenters. The molecule has 1 N–H and O–H groups in total. The Hall–Kier alpha value is -2.91. The molecule has 1 aliphatic heterocycles. The van der Waals surface area contributed by atoms with E-state index in [4.69, 9.17) is 4.74 Å². The van der Waals surface area contributed by atoms with Gasteiger partial charge in [-0.25, -0.2) is 13.1 Å². The normalized spacial score (nSPS) is 14.9. The summed E-state index contributed by atoms with van der Waals surface area (Å²) in [5.41, 5.74) is 0.343. The molecule has 0 bridgehead atoms. The minimum Gasteiger partial charge on any atom is -0.379 e. The lowest BCUT2D eigenvalue weighted by atomic mass is 10.3. The molecule has 1 aliphatic rings. The summed E-state index contributed by atoms with van der Waals surface area (Å²) in [6.07, 6.45) is 0. The fraction of sp³-hybridized carbons (Fsp3) is 0.316. The topological polar surface area (TPSA) is 145 Å². The van der Waals surface area contributed by atoms with Gasteiger partial charge in [-0.1, -0.05) is 18.2 Å². The third kappa shape index (κ3) is 5.72. The van der Waals surface area contributed by atoms with Crippen LogP contribution in [0, 0.1) is 10.1 Å². The minimum atomic E-state index is -3.91. The molecular formula is C19H21N7O5S2. The second kappa shape index (κ2) is 10.4. The van der Waals surface area contributed by atoms with Crippen molar-refractivity contribution >= 4 is 27.5 Å². The van der Waals surface area contributed by atoms with Crippen molar-refractivity contribution in [3.05, 3.63) is 58.6 Å². The first-order chi connectivity index (χ1) is 15.9. The Morgan fingerprint density at radius 3 is 2.64 bits per heavy atom. The molecule has 0 aliphatic carbocycles. The number of nitrogens with zero attached hydrogens (tertiary/aromatic N) is 6. The van der Waals surface area contributed by atoms with Crippen molar-refractivity contribution in [2.24, 2.45) is 0 Å². The van der Waals surface area contributed by atoms with Crippen LogP contribution in [0.5, 0.6) is 0 Å². The number of morpholine rings is 1. The van der Waals surface area contributed by atoms with Crippen LogP contribution >= 0.6 is 11.8 Å². The molecule has 1 saturated heterocycles. The summed E-state index contributed by atoms with van der Waals surface area (Å²) >= 11 is 0.978. The van der Waals surface area contributed by atoms with Gasteiger partial charge in [0.05, 0.1) is 33.6 Å². The summed E-state index contributed by atoms with van der Waals surface area (Å²) in [4.78, 5) is 13.2. The Morgan fingerprint density at radius 1 is 1.15 bits per heavy atom. The van der Waals surface area contributed by atoms with Crippen LogP contribution in [0.25, 0.3) is 5.69 Å². The molecule has 0 radical (unpaired) electrons. The van der Waals surface area contributed by atoms with E-state index < -0.39 is 14.9 Å². The van der Waals surface area contributed by atoms with E-state index in [2.05, 4.69) is 25.1 Å². The van der Waals surface area contributed by atoms with Crippen molar-refractivity contribution in [3.63, 3.8) is 0 Å². The molecule has 0 atom stereocenters. The van der Waals surface area contributed by atoms with Gasteiger partial charge >= 0.3 is 0 Å². The zero-order valence-electron chi connectivity index (χ0n) is 17.4. The van der Waals surface area contributed by atoms with Crippen LogP contribution < -0.4 is 4.72 Å². The summed E-state index contributed by atoms with van der Waals surface area (Å²) in [5.74, 6) is 0. The minimum absolute atomic E-state index is 0.178. The highest BCUT2D eigenvalue weighted by molar-refractivity contribution is 7.99. The lowest BCUT2D eigenvalue weighted by Gasteiger charge is -2.26. The number of sulfonamides is 1. The Bertz CT molecular complexity index is 1210. The number of tetrazole rings is 1. The van der Waals surface area contributed by atoms with Crippen molar-refractivity contribution in [1.82, 2.24) is 29.8 Å². The van der Waals surface area contributed by atoms with Crippen LogP contribution in [0.1, 0.15) is 0 Å². The molecule has 174 valence electrons. The number of para-hydroxylation sites is 1. The number of aromatic nitrogens is 4. The number of ether oxygens (including phenoxy) is 1. The maximum absolute atomic E-state index is 12.7. The highest BCUT2D eigenvalue weighted by Crippen LogP contribution is 2.35. The van der Waals surface area contributed by atoms with Crippen LogP contribution in [0.15, 0.2) is 63.5 Å². The predicted octanol–water partition coefficient (Wildman–Crippen LogP) is 1.33. The standard InChI is InChI=1S/C19H21N7O5S2/c27-26(28)17-14-16(33(29,30)20-8-9-24-10-12-31-13-11-24)6-7-18(17)32-19-21-22-23-25(19)15-4-2-1-3-5-15/h1-7,14,20H,8-13H2. The van der Waals surface area contributed by atoms with Crippen LogP contribution in [0.3, 0.4) is 0 Å². The van der Waals surface area contributed by atoms with E-state index in [1.165, 1.54) is 16.8 Å². The molecule has 33 heavy (non-hydrogen) atoms. The van der Waals surface area contributed by atoms with Gasteiger partial charge in [-0.3, -0.25) is 15.0 Å². The number of nitro groups is 1. The van der Waals surface area contributed by atoms with Gasteiger partial charge in [-0.2, -0.15) is 4.68 Å². The van der Waals surface area contributed by atoms with Crippen LogP contribution in [0.2, 0.25) is 0 Å². The highest BCUT2D eigenvalue weighted by atomic mass is 32.2. The predicted molar refractivity (Wildman–Crippen MR) is 119 cm³/mol. The Labute approximate surface area is 194 Å². The van der Waals surface area contributed by atoms with Crippen molar-refractivity contribution in [3.8, 4) is 5.69 Å². The molecular weight excluding hydrogens is 470 g/mol. The molecule has 3 aromatic rings. The second-order valence-electron chi connectivity index (χ2n) is 7.05. The number of benzene rings is 2. The largest absolute Gasteiger partial charge is 0.379 e. The average molecular weight is 492 g/mol. The summed E-state index contributed by atoms with van der Waals surface area (Å²) in [7, 11) is -3.91. The number of nitrogens with one attached hydrogen (secondary N) is 1. The fourth-order valence-electron chi connectivity index (χ4n) is 3.21. The van der Waals surface area contributed by atoms with E-state index in [0.29, 0.717) is 30.6 Å². The summed E-state index contributed by atoms with van der Waals surface area (Å²) in [5, 5.41) is 23.5. The first-order valence-electron chi connectivity index (χ1n) is 10.0. The zero-order valence-corrected chi connectivity index (χ0v) is 19.0. The first kappa shape index (κ1) is 23.3. The zero-order chi connectivity index (χ0) is 23.3. The van der Waals surface area contributed by atoms with E-state index in [1.54, 1.807) is 12.1 Å². The molecule has 2 heterocycles. The van der Waals surface area contributed by atoms with E-state index in [9.17, 15) is 18.5 Å². The summed E-state index contributed by atoms with van der Waals surface area (Å²) in [6.45, 7) is 3.43. The second-order valence-corrected chi connectivity index (χ2v) is 9.83. The van der Waals surface area contributed by atoms with E-state index in [0.717, 1.165) is 30.9 Å². The van der Waals surface area contributed by atoms with Gasteiger partial charge in [-0.15, -0.1) is 5.10 Å². The lowest BCUT2D eigenvalue weighted by Crippen LogP contribution is -2.41. The van der Waals surface area contributed by atoms with Gasteiger partial charge in [0, 0.05) is 32.2 Å². The molecule has 1 fully saturated rings. The maximum Gasteiger partial charge on any atom is 0.284 e. The smallest absolute Gasteiger partial charge is 0.284 e. The van der Waals surface area contributed by atoms with Gasteiger partial charge < -0.3 is 4.74 Å². The summed E-state index contributed by atoms with van der Waals surface area (Å²) < 4.78 is 34.6. The van der Waals surface area contributed by atoms with E-state index in [1.807, 2.05) is 18.2 Å². The molecule has 0 amide bonds. The molecule has 2 aromatic carbocycles. The van der Waals surface area contributed by atoms with Gasteiger partial charge in [-0.05, 0) is 46.5 Å². The van der Waals surface area contributed by atoms with E-state index >= 15 is 0 Å². The molecule has 0 spiro atoms. The maximum atomic E-state index is 12.7. The van der Waals surface area contributed by atoms with Gasteiger partial charge in [0.15, 0.2) is 0 Å². The third-order valence-corrected chi connectivity index (χ3v) is 7.37. The quantitative estimate of drug-likeness (QED) is 0.344. The number of hydrogen-bond acceptors (Lipinski definition) is 10. The third-order valence-electron chi connectivity index (χ3n) is 4.90. The summed E-state index contributed by atoms with van der Waals surface area (Å²) in [6, 6.07) is 12.9. The monoisotopic (exact) mass is 491 g/mol. The van der Waals surface area contributed by atoms with Gasteiger partial charge in [0.1, 0.15) is 0 Å². The molecule has 0 saturated carbocycles. The van der Waals surface area contributed by atoms with Crippen molar-refractivity contribution < 1.29 is 18.1 Å². The van der Waals surface area contributed by atoms with Crippen LogP contribution in [-0.2, 0) is 14.8 Å². The van der Waals surface area contributed by atoms with Crippen LogP contribution in [0.4, 0.5) is 5.69 Å². The number of nitro benzene ring substituents is 1. The SMILES string of the molecule is O=[N+]([O-])c1cc(S(=O)(=O)NCCN2CCOCC2)ccc1Sc1nnnn1-c1ccccc1. The molecule has 12 nitrogen and oxygen atoms in total. The van der Waals surface area contributed by atoms with Crippen molar-refractivity contribution in [1.29, 1.82) is 0 Å². The van der Waals surface area contributed by atoms with Crippen LogP contribution in [-0.4, -0.2) is 77.8 Å². The molecule has 14 heteroatoms. The lowest BCUT2D eigenvalue weighted by molar-refractivity contribution is -0.388. The van der Waals surface area contributed by atoms with Gasteiger partial charge in [0.2, 0.25) is 15.2 Å². The first-order valence-corrected chi connectivity index (χ1v) is 12.3. The Kier molecular flexibility index (Phi) is 7.29. The number of rotatable bonds is 9. The Morgan fingerprint density at radius 2 is 1.91 bits per heavy atom. The van der Waals surface area contributed by atoms with E-state index in [-0.39, 0.29) is 22.0 Å². The van der Waals surface area contributed by atoms with Gasteiger partial charge in [0.25, 0.3) is 5.69 Å². The van der Waals surface area contributed by atoms with Crippen molar-refractivity contribution in [2.45, 2.75) is 14.9 Å². The molecule has 1 aromatic heterocycles. The highest BCUT2D eigenvalue weighted by Gasteiger charge is 2.24. The Balaban J connectivity index is 1.51. The number of hydrogen-bond donors (Lipinski definition) is 1. The average Bonchev–Trinajstić information content (AvgIpc) is 3.28. The molecule has 4 rings (SSSR count).